The summed E-state index contributed by atoms with van der Waals surface area (Å²) in [5, 5.41) is 7.84. The van der Waals surface area contributed by atoms with Crippen LogP contribution in [-0.4, -0.2) is 21.5 Å². The van der Waals surface area contributed by atoms with Crippen LogP contribution >= 0.6 is 11.8 Å². The molecule has 0 radical (unpaired) electrons. The highest BCUT2D eigenvalue weighted by molar-refractivity contribution is 8.00. The van der Waals surface area contributed by atoms with Crippen LogP contribution in [-0.2, 0) is 6.42 Å². The maximum absolute atomic E-state index is 5.39. The monoisotopic (exact) mass is 790 g/mol. The first-order valence-electron chi connectivity index (χ1n) is 21.2. The normalized spacial score (nSPS) is 21.4. The summed E-state index contributed by atoms with van der Waals surface area (Å²) in [6.07, 6.45) is 21.3. The van der Waals surface area contributed by atoms with E-state index in [1.54, 1.807) is 0 Å². The Balaban J connectivity index is 0.870. The van der Waals surface area contributed by atoms with Crippen LogP contribution in [0.3, 0.4) is 0 Å². The lowest BCUT2D eigenvalue weighted by atomic mass is 9.87. The Morgan fingerprint density at radius 2 is 1.50 bits per heavy atom. The van der Waals surface area contributed by atoms with Crippen LogP contribution < -0.4 is 5.32 Å². The highest BCUT2D eigenvalue weighted by Crippen LogP contribution is 2.52. The molecular formula is C55H42N4S. The van der Waals surface area contributed by atoms with Crippen molar-refractivity contribution in [1.82, 2.24) is 9.88 Å². The molecule has 0 saturated heterocycles. The zero-order valence-corrected chi connectivity index (χ0v) is 33.9. The number of nitrogens with zero attached hydrogens (tertiary/aromatic N) is 3. The topological polar surface area (TPSA) is 41.7 Å². The van der Waals surface area contributed by atoms with E-state index < -0.39 is 0 Å². The third-order valence-corrected chi connectivity index (χ3v) is 14.3. The molecule has 4 atom stereocenters. The summed E-state index contributed by atoms with van der Waals surface area (Å²) >= 11 is 1.97. The Morgan fingerprint density at radius 1 is 0.683 bits per heavy atom. The molecule has 1 N–H and O–H groups in total. The van der Waals surface area contributed by atoms with Crippen LogP contribution in [0, 0.1) is 0 Å². The predicted molar refractivity (Wildman–Crippen MR) is 251 cm³/mol. The van der Waals surface area contributed by atoms with Crippen LogP contribution in [0.15, 0.2) is 203 Å². The number of nitrogens with one attached hydrogen (secondary N) is 1. The van der Waals surface area contributed by atoms with Crippen molar-refractivity contribution >= 4 is 56.8 Å². The molecule has 288 valence electrons. The molecular weight excluding hydrogens is 749 g/mol. The first kappa shape index (κ1) is 35.3. The number of aryl methyl sites for hydroxylation is 1. The van der Waals surface area contributed by atoms with Gasteiger partial charge < -0.3 is 9.88 Å². The van der Waals surface area contributed by atoms with E-state index in [0.717, 1.165) is 42.1 Å². The van der Waals surface area contributed by atoms with Gasteiger partial charge in [-0.25, -0.2) is 9.98 Å². The lowest BCUT2D eigenvalue weighted by Crippen LogP contribution is -2.39. The van der Waals surface area contributed by atoms with Crippen LogP contribution in [0.2, 0.25) is 0 Å². The van der Waals surface area contributed by atoms with E-state index in [-0.39, 0.29) is 17.3 Å². The molecule has 1 aromatic heterocycles. The van der Waals surface area contributed by atoms with Crippen molar-refractivity contribution in [2.24, 2.45) is 9.98 Å². The molecule has 7 aromatic rings. The van der Waals surface area contributed by atoms with Crippen molar-refractivity contribution in [1.29, 1.82) is 0 Å². The first-order valence-corrected chi connectivity index (χ1v) is 22.0. The molecule has 0 amide bonds. The van der Waals surface area contributed by atoms with Crippen LogP contribution in [0.4, 0.5) is 0 Å². The molecule has 3 aliphatic carbocycles. The molecule has 12 rings (SSSR count). The molecule has 0 fully saturated rings. The number of aliphatic imine (C=N–C) groups is 2. The summed E-state index contributed by atoms with van der Waals surface area (Å²) in [5.41, 5.74) is 13.8. The number of aromatic nitrogens is 1. The predicted octanol–water partition coefficient (Wildman–Crippen LogP) is 13.1. The fourth-order valence-electron chi connectivity index (χ4n) is 9.84. The fourth-order valence-corrected chi connectivity index (χ4v) is 11.3. The number of hydrogen-bond acceptors (Lipinski definition) is 4. The summed E-state index contributed by atoms with van der Waals surface area (Å²) in [4.78, 5) is 12.0. The van der Waals surface area contributed by atoms with Gasteiger partial charge in [-0.2, -0.15) is 0 Å². The number of amidine groups is 2. The van der Waals surface area contributed by atoms with Crippen molar-refractivity contribution in [2.75, 3.05) is 0 Å². The second kappa shape index (κ2) is 14.5. The van der Waals surface area contributed by atoms with Gasteiger partial charge in [-0.05, 0) is 76.2 Å². The molecule has 0 bridgehead atoms. The lowest BCUT2D eigenvalue weighted by molar-refractivity contribution is 0.749. The Morgan fingerprint density at radius 3 is 2.35 bits per heavy atom. The minimum Gasteiger partial charge on any atom is -0.325 e. The fraction of sp³-hybridized carbons (Fsp3) is 0.127. The minimum atomic E-state index is -0.370. The van der Waals surface area contributed by atoms with E-state index in [0.29, 0.717) is 5.92 Å². The van der Waals surface area contributed by atoms with Gasteiger partial charge in [-0.3, -0.25) is 0 Å². The number of hydrogen-bond donors (Lipinski definition) is 1. The highest BCUT2D eigenvalue weighted by Gasteiger charge is 2.39. The molecule has 4 nitrogen and oxygen atoms in total. The van der Waals surface area contributed by atoms with E-state index in [9.17, 15) is 0 Å². The number of thioether (sulfide) groups is 1. The van der Waals surface area contributed by atoms with E-state index in [1.807, 2.05) is 11.8 Å². The smallest absolute Gasteiger partial charge is 0.169 e. The number of fused-ring (bicyclic) bond motifs is 8. The average Bonchev–Trinajstić information content (AvgIpc) is 3.88. The van der Waals surface area contributed by atoms with Crippen molar-refractivity contribution in [3.05, 3.63) is 227 Å². The maximum atomic E-state index is 5.39. The Labute approximate surface area is 354 Å². The van der Waals surface area contributed by atoms with Gasteiger partial charge in [0, 0.05) is 55.3 Å². The third-order valence-electron chi connectivity index (χ3n) is 12.9. The summed E-state index contributed by atoms with van der Waals surface area (Å²) in [6.45, 7) is 0. The standard InChI is InChI=1S/C55H42N4S/c1-3-12-35(13-4-1)36-22-24-37(25-23-36)38-26-28-41(29-27-38)54-56-53(40-15-5-2-6-16-40)57-55(58-54)48-20-11-19-47-45-33-31-42(34-50(45)60-52(47)48)59-49-21-10-9-18-44(49)46-32-30-39-14-7-8-17-43(39)51(46)59/h1-8,10-17,19-22,24-34,36,47,52,54H,9,18,23H2,(H,56,57,58). The molecule has 0 saturated carbocycles. The van der Waals surface area contributed by atoms with Crippen molar-refractivity contribution < 1.29 is 0 Å². The maximum Gasteiger partial charge on any atom is 0.169 e. The van der Waals surface area contributed by atoms with Crippen molar-refractivity contribution in [3.8, 4) is 5.69 Å². The van der Waals surface area contributed by atoms with E-state index in [4.69, 9.17) is 9.98 Å². The molecule has 3 heterocycles. The summed E-state index contributed by atoms with van der Waals surface area (Å²) in [6, 6.07) is 50.7. The number of benzene rings is 6. The van der Waals surface area contributed by atoms with Gasteiger partial charge >= 0.3 is 0 Å². The van der Waals surface area contributed by atoms with Gasteiger partial charge in [-0.1, -0.05) is 170 Å². The van der Waals surface area contributed by atoms with Crippen molar-refractivity contribution in [3.63, 3.8) is 0 Å². The Hall–Kier alpha value is -6.69. The summed E-state index contributed by atoms with van der Waals surface area (Å²) in [5.74, 6) is 2.40. The number of rotatable bonds is 6. The van der Waals surface area contributed by atoms with Gasteiger partial charge in [0.1, 0.15) is 11.7 Å². The molecule has 5 heteroatoms. The number of allylic oxidation sites excluding steroid dienone is 8. The molecule has 4 unspecified atom stereocenters. The quantitative estimate of drug-likeness (QED) is 0.182. The molecule has 6 aromatic carbocycles. The van der Waals surface area contributed by atoms with E-state index in [2.05, 4.69) is 198 Å². The lowest BCUT2D eigenvalue weighted by Gasteiger charge is -2.28. The summed E-state index contributed by atoms with van der Waals surface area (Å²) in [7, 11) is 0. The minimum absolute atomic E-state index is 0.186. The molecule has 0 spiro atoms. The second-order valence-electron chi connectivity index (χ2n) is 16.3. The Kier molecular flexibility index (Phi) is 8.55. The first-order chi connectivity index (χ1) is 29.7. The average molecular weight is 791 g/mol. The van der Waals surface area contributed by atoms with E-state index >= 15 is 0 Å². The summed E-state index contributed by atoms with van der Waals surface area (Å²) < 4.78 is 2.52. The molecule has 5 aliphatic rings. The van der Waals surface area contributed by atoms with Gasteiger partial charge in [0.15, 0.2) is 6.17 Å². The molecule has 2 aliphatic heterocycles. The SMILES string of the molecule is C1=CC2c3ccc(-n4c5c(c6ccc7ccccc7c64)CCC=C5)cc3SC2C(C2=NC(c3ccc(C4=CCC(c5ccccc5)C=C4)cc3)N=C(c3ccccc3)N2)=C1. The van der Waals surface area contributed by atoms with Gasteiger partial charge in [0.25, 0.3) is 0 Å². The molecule has 60 heavy (non-hydrogen) atoms. The van der Waals surface area contributed by atoms with Gasteiger partial charge in [0.05, 0.1) is 5.52 Å². The van der Waals surface area contributed by atoms with Crippen molar-refractivity contribution in [2.45, 2.75) is 47.4 Å². The van der Waals surface area contributed by atoms with Crippen LogP contribution in [0.25, 0.3) is 39.0 Å². The van der Waals surface area contributed by atoms with Gasteiger partial charge in [-0.15, -0.1) is 11.8 Å². The largest absolute Gasteiger partial charge is 0.325 e. The Bertz CT molecular complexity index is 3070. The zero-order chi connectivity index (χ0) is 39.6. The van der Waals surface area contributed by atoms with Gasteiger partial charge in [0.2, 0.25) is 0 Å². The zero-order valence-electron chi connectivity index (χ0n) is 33.1. The third kappa shape index (κ3) is 5.98. The second-order valence-corrected chi connectivity index (χ2v) is 17.5. The van der Waals surface area contributed by atoms with E-state index in [1.165, 1.54) is 71.4 Å². The van der Waals surface area contributed by atoms with Crippen LogP contribution in [0.1, 0.15) is 69.9 Å². The van der Waals surface area contributed by atoms with Crippen LogP contribution in [0.5, 0.6) is 0 Å². The highest BCUT2D eigenvalue weighted by atomic mass is 32.2.